The van der Waals surface area contributed by atoms with E-state index in [9.17, 15) is 22.8 Å². The molecule has 2 aromatic carbocycles. The number of fused-ring (bicyclic) bond motifs is 1. The van der Waals surface area contributed by atoms with E-state index in [1.165, 1.54) is 18.2 Å². The van der Waals surface area contributed by atoms with E-state index >= 15 is 0 Å². The number of piperidine rings is 1. The Morgan fingerprint density at radius 3 is 2.40 bits per heavy atom. The maximum Gasteiger partial charge on any atom is 0.573 e. The number of anilines is 2. The summed E-state index contributed by atoms with van der Waals surface area (Å²) in [7, 11) is 0. The number of halogens is 3. The lowest BCUT2D eigenvalue weighted by molar-refractivity contribution is -0.274. The predicted octanol–water partition coefficient (Wildman–Crippen LogP) is 4.70. The molecule has 2 aliphatic rings. The molecular formula is C22H21F3N2O3. The van der Waals surface area contributed by atoms with Gasteiger partial charge in [-0.25, -0.2) is 0 Å². The summed E-state index contributed by atoms with van der Waals surface area (Å²) >= 11 is 0. The van der Waals surface area contributed by atoms with Gasteiger partial charge in [-0.1, -0.05) is 0 Å². The molecule has 0 aliphatic carbocycles. The normalized spacial score (nSPS) is 17.0. The molecule has 0 radical (unpaired) electrons. The summed E-state index contributed by atoms with van der Waals surface area (Å²) in [6.45, 7) is 1.16. The highest BCUT2D eigenvalue weighted by Crippen LogP contribution is 2.33. The minimum atomic E-state index is -4.75. The molecule has 0 N–H and O–H groups in total. The summed E-state index contributed by atoms with van der Waals surface area (Å²) in [6, 6.07) is 11.0. The van der Waals surface area contributed by atoms with E-state index in [1.54, 1.807) is 34.1 Å². The van der Waals surface area contributed by atoms with Crippen molar-refractivity contribution in [3.63, 3.8) is 0 Å². The molecular weight excluding hydrogens is 397 g/mol. The second-order valence-corrected chi connectivity index (χ2v) is 7.45. The number of carbonyl (C=O) groups is 2. The monoisotopic (exact) mass is 418 g/mol. The van der Waals surface area contributed by atoms with Crippen LogP contribution in [0.3, 0.4) is 0 Å². The van der Waals surface area contributed by atoms with Gasteiger partial charge in [0.25, 0.3) is 5.91 Å². The first-order chi connectivity index (χ1) is 14.3. The number of hydrogen-bond donors (Lipinski definition) is 0. The Morgan fingerprint density at radius 1 is 0.933 bits per heavy atom. The fourth-order valence-corrected chi connectivity index (χ4v) is 4.00. The molecule has 8 heteroatoms. The molecule has 0 unspecified atom stereocenters. The number of amides is 2. The van der Waals surface area contributed by atoms with Crippen LogP contribution >= 0.6 is 0 Å². The minimum absolute atomic E-state index is 0.0853. The van der Waals surface area contributed by atoms with Gasteiger partial charge >= 0.3 is 6.36 Å². The lowest BCUT2D eigenvalue weighted by Crippen LogP contribution is -2.36. The average Bonchev–Trinajstić information content (AvgIpc) is 2.72. The van der Waals surface area contributed by atoms with Crippen LogP contribution in [-0.4, -0.2) is 31.3 Å². The zero-order valence-corrected chi connectivity index (χ0v) is 16.2. The van der Waals surface area contributed by atoms with Crippen molar-refractivity contribution < 1.29 is 27.5 Å². The second kappa shape index (κ2) is 8.01. The molecule has 2 heterocycles. The van der Waals surface area contributed by atoms with Crippen molar-refractivity contribution in [3.8, 4) is 5.75 Å². The van der Waals surface area contributed by atoms with Gasteiger partial charge in [0.1, 0.15) is 5.75 Å². The third-order valence-corrected chi connectivity index (χ3v) is 5.40. The van der Waals surface area contributed by atoms with E-state index in [1.807, 2.05) is 0 Å². The van der Waals surface area contributed by atoms with Crippen LogP contribution in [0.4, 0.5) is 24.5 Å². The molecule has 0 aromatic heterocycles. The molecule has 1 fully saturated rings. The van der Waals surface area contributed by atoms with Gasteiger partial charge < -0.3 is 14.5 Å². The number of aryl methyl sites for hydroxylation is 1. The van der Waals surface area contributed by atoms with Crippen molar-refractivity contribution in [1.82, 2.24) is 0 Å². The summed E-state index contributed by atoms with van der Waals surface area (Å²) < 4.78 is 41.4. The fraction of sp³-hybridized carbons (Fsp3) is 0.364. The van der Waals surface area contributed by atoms with Gasteiger partial charge in [0.2, 0.25) is 5.91 Å². The summed E-state index contributed by atoms with van der Waals surface area (Å²) in [5, 5.41) is 0. The molecule has 158 valence electrons. The zero-order valence-electron chi connectivity index (χ0n) is 16.2. The first kappa shape index (κ1) is 20.3. The molecule has 30 heavy (non-hydrogen) atoms. The molecule has 5 nitrogen and oxygen atoms in total. The lowest BCUT2D eigenvalue weighted by atomic mass is 10.00. The van der Waals surface area contributed by atoms with Crippen molar-refractivity contribution in [2.24, 2.45) is 0 Å². The van der Waals surface area contributed by atoms with E-state index in [2.05, 4.69) is 4.74 Å². The highest BCUT2D eigenvalue weighted by atomic mass is 19.4. The minimum Gasteiger partial charge on any atom is -0.406 e. The van der Waals surface area contributed by atoms with Crippen molar-refractivity contribution >= 4 is 23.2 Å². The smallest absolute Gasteiger partial charge is 0.406 e. The predicted molar refractivity (Wildman–Crippen MR) is 106 cm³/mol. The van der Waals surface area contributed by atoms with Crippen molar-refractivity contribution in [2.75, 3.05) is 22.9 Å². The third-order valence-electron chi connectivity index (χ3n) is 5.40. The Morgan fingerprint density at radius 2 is 1.70 bits per heavy atom. The second-order valence-electron chi connectivity index (χ2n) is 7.45. The van der Waals surface area contributed by atoms with E-state index in [0.29, 0.717) is 49.2 Å². The Hall–Kier alpha value is -3.03. The van der Waals surface area contributed by atoms with Crippen LogP contribution in [-0.2, 0) is 11.2 Å². The number of alkyl halides is 3. The van der Waals surface area contributed by atoms with Gasteiger partial charge in [0.15, 0.2) is 0 Å². The first-order valence-electron chi connectivity index (χ1n) is 9.93. The van der Waals surface area contributed by atoms with Crippen molar-refractivity contribution in [2.45, 2.75) is 38.5 Å². The van der Waals surface area contributed by atoms with Crippen LogP contribution < -0.4 is 14.5 Å². The molecule has 0 bridgehead atoms. The summed E-state index contributed by atoms with van der Waals surface area (Å²) in [4.78, 5) is 28.5. The Kier molecular flexibility index (Phi) is 5.40. The largest absolute Gasteiger partial charge is 0.573 e. The van der Waals surface area contributed by atoms with E-state index < -0.39 is 6.36 Å². The highest BCUT2D eigenvalue weighted by Gasteiger charge is 2.32. The van der Waals surface area contributed by atoms with Crippen LogP contribution in [0.2, 0.25) is 0 Å². The fourth-order valence-electron chi connectivity index (χ4n) is 4.00. The molecule has 0 spiro atoms. The Labute approximate surface area is 172 Å². The summed E-state index contributed by atoms with van der Waals surface area (Å²) in [6.07, 6.45) is -1.15. The topological polar surface area (TPSA) is 49.9 Å². The number of ether oxygens (including phenoxy) is 1. The SMILES string of the molecule is O=C1CCCCN1c1ccc(C(=O)N2CCCc3cc(OC(F)(F)F)ccc32)cc1. The maximum absolute atomic E-state index is 13.1. The number of carbonyl (C=O) groups excluding carboxylic acids is 2. The van der Waals surface area contributed by atoms with Crippen molar-refractivity contribution in [1.29, 1.82) is 0 Å². The maximum atomic E-state index is 13.1. The van der Waals surface area contributed by atoms with Crippen LogP contribution in [0.25, 0.3) is 0 Å². The quantitative estimate of drug-likeness (QED) is 0.726. The lowest BCUT2D eigenvalue weighted by Gasteiger charge is -2.30. The number of hydrogen-bond acceptors (Lipinski definition) is 3. The van der Waals surface area contributed by atoms with E-state index in [4.69, 9.17) is 0 Å². The van der Waals surface area contributed by atoms with Gasteiger partial charge in [-0.15, -0.1) is 13.2 Å². The Balaban J connectivity index is 1.54. The van der Waals surface area contributed by atoms with Gasteiger partial charge in [0, 0.05) is 36.4 Å². The van der Waals surface area contributed by atoms with E-state index in [-0.39, 0.29) is 17.6 Å². The molecule has 2 amide bonds. The summed E-state index contributed by atoms with van der Waals surface area (Å²) in [5.74, 6) is -0.426. The van der Waals surface area contributed by atoms with Gasteiger partial charge in [-0.3, -0.25) is 9.59 Å². The van der Waals surface area contributed by atoms with Crippen LogP contribution in [0.15, 0.2) is 42.5 Å². The standard InChI is InChI=1S/C22H21F3N2O3/c23-22(24,25)30-18-10-11-19-16(14-18)4-3-13-27(19)21(29)15-6-8-17(9-7-15)26-12-2-1-5-20(26)28/h6-11,14H,1-5,12-13H2. The molecule has 0 atom stereocenters. The van der Waals surface area contributed by atoms with Crippen LogP contribution in [0.1, 0.15) is 41.6 Å². The average molecular weight is 418 g/mol. The Bertz CT molecular complexity index is 957. The highest BCUT2D eigenvalue weighted by molar-refractivity contribution is 6.07. The van der Waals surface area contributed by atoms with Gasteiger partial charge in [-0.05, 0) is 73.7 Å². The molecule has 4 rings (SSSR count). The number of nitrogens with zero attached hydrogens (tertiary/aromatic N) is 2. The molecule has 1 saturated heterocycles. The van der Waals surface area contributed by atoms with Crippen LogP contribution in [0.5, 0.6) is 5.75 Å². The zero-order chi connectivity index (χ0) is 21.3. The molecule has 2 aromatic rings. The third kappa shape index (κ3) is 4.27. The van der Waals surface area contributed by atoms with Gasteiger partial charge in [-0.2, -0.15) is 0 Å². The summed E-state index contributed by atoms with van der Waals surface area (Å²) in [5.41, 5.74) is 2.47. The van der Waals surface area contributed by atoms with Crippen LogP contribution in [0, 0.1) is 0 Å². The number of benzene rings is 2. The van der Waals surface area contributed by atoms with Gasteiger partial charge in [0.05, 0.1) is 0 Å². The molecule has 2 aliphatic heterocycles. The molecule has 0 saturated carbocycles. The van der Waals surface area contributed by atoms with E-state index in [0.717, 1.165) is 18.5 Å². The number of rotatable bonds is 3. The first-order valence-corrected chi connectivity index (χ1v) is 9.93. The van der Waals surface area contributed by atoms with Crippen molar-refractivity contribution in [3.05, 3.63) is 53.6 Å².